The summed E-state index contributed by atoms with van der Waals surface area (Å²) in [5.41, 5.74) is 1.22. The van der Waals surface area contributed by atoms with Gasteiger partial charge in [0, 0.05) is 18.3 Å². The van der Waals surface area contributed by atoms with Crippen LogP contribution in [-0.4, -0.2) is 32.4 Å². The third kappa shape index (κ3) is 4.22. The van der Waals surface area contributed by atoms with E-state index in [-0.39, 0.29) is 17.6 Å². The van der Waals surface area contributed by atoms with Crippen LogP contribution in [0.2, 0.25) is 0 Å². The predicted octanol–water partition coefficient (Wildman–Crippen LogP) is 0.990. The number of rotatable bonds is 5. The maximum Gasteiger partial charge on any atom is 0.234 e. The van der Waals surface area contributed by atoms with Gasteiger partial charge in [-0.1, -0.05) is 17.8 Å². The van der Waals surface area contributed by atoms with Crippen LogP contribution in [0.25, 0.3) is 0 Å². The lowest BCUT2D eigenvalue weighted by atomic mass is 10.2. The van der Waals surface area contributed by atoms with Crippen LogP contribution in [0.15, 0.2) is 29.4 Å². The van der Waals surface area contributed by atoms with Crippen molar-refractivity contribution < 1.29 is 9.59 Å². The Balaban J connectivity index is 1.92. The molecule has 8 nitrogen and oxygen atoms in total. The van der Waals surface area contributed by atoms with E-state index < -0.39 is 0 Å². The van der Waals surface area contributed by atoms with Crippen LogP contribution in [0.3, 0.4) is 0 Å². The number of nitrogens with zero attached hydrogens (tertiary/aromatic N) is 3. The van der Waals surface area contributed by atoms with Crippen molar-refractivity contribution in [2.24, 2.45) is 0 Å². The normalized spacial score (nSPS) is 10.3. The number of thioether (sulfide) groups is 1. The molecule has 0 spiro atoms. The van der Waals surface area contributed by atoms with E-state index in [1.165, 1.54) is 23.4 Å². The molecule has 0 atom stereocenters. The highest BCUT2D eigenvalue weighted by molar-refractivity contribution is 7.99. The van der Waals surface area contributed by atoms with Crippen molar-refractivity contribution in [1.82, 2.24) is 14.9 Å². The first-order valence-corrected chi connectivity index (χ1v) is 7.41. The van der Waals surface area contributed by atoms with Crippen LogP contribution in [0, 0.1) is 6.92 Å². The molecule has 0 bridgehead atoms. The minimum Gasteiger partial charge on any atom is -0.336 e. The number of hydrogen-bond acceptors (Lipinski definition) is 6. The number of nitrogen functional groups attached to an aromatic ring is 1. The highest BCUT2D eigenvalue weighted by Gasteiger charge is 2.10. The summed E-state index contributed by atoms with van der Waals surface area (Å²) in [5.74, 6) is 6.06. The van der Waals surface area contributed by atoms with Crippen LogP contribution in [-0.2, 0) is 9.59 Å². The predicted molar refractivity (Wildman–Crippen MR) is 85.0 cm³/mol. The van der Waals surface area contributed by atoms with Gasteiger partial charge in [0.2, 0.25) is 17.0 Å². The molecule has 9 heteroatoms. The van der Waals surface area contributed by atoms with E-state index in [9.17, 15) is 9.59 Å². The van der Waals surface area contributed by atoms with Crippen LogP contribution < -0.4 is 16.5 Å². The molecule has 0 saturated carbocycles. The Morgan fingerprint density at radius 1 is 1.27 bits per heavy atom. The summed E-state index contributed by atoms with van der Waals surface area (Å²) in [6, 6.07) is 6.91. The average molecular weight is 320 g/mol. The van der Waals surface area contributed by atoms with E-state index in [0.717, 1.165) is 0 Å². The second-order valence-corrected chi connectivity index (χ2v) is 5.44. The van der Waals surface area contributed by atoms with Crippen molar-refractivity contribution in [3.05, 3.63) is 30.1 Å². The molecule has 0 saturated heterocycles. The van der Waals surface area contributed by atoms with Crippen molar-refractivity contribution >= 4 is 35.0 Å². The molecular formula is C13H16N6O2S. The molecule has 0 aliphatic heterocycles. The van der Waals surface area contributed by atoms with Crippen LogP contribution in [0.5, 0.6) is 0 Å². The standard InChI is InChI=1S/C13H16N6O2S/c1-8-17-18-13(19(8)14)22-7-12(21)16-11-5-3-4-10(6-11)15-9(2)20/h3-6H,7,14H2,1-2H3,(H,15,20)(H,16,21). The Kier molecular flexibility index (Phi) is 4.99. The van der Waals surface area contributed by atoms with Gasteiger partial charge >= 0.3 is 0 Å². The first kappa shape index (κ1) is 15.8. The Bertz CT molecular complexity index is 700. The fourth-order valence-corrected chi connectivity index (χ4v) is 2.36. The SMILES string of the molecule is CC(=O)Nc1cccc(NC(=O)CSc2nnc(C)n2N)c1. The lowest BCUT2D eigenvalue weighted by Crippen LogP contribution is -2.16. The monoisotopic (exact) mass is 320 g/mol. The summed E-state index contributed by atoms with van der Waals surface area (Å²) in [5, 5.41) is 13.5. The molecule has 1 heterocycles. The van der Waals surface area contributed by atoms with Gasteiger partial charge in [-0.15, -0.1) is 10.2 Å². The number of aromatic nitrogens is 3. The Hall–Kier alpha value is -2.55. The van der Waals surface area contributed by atoms with Gasteiger partial charge in [-0.2, -0.15) is 0 Å². The van der Waals surface area contributed by atoms with Gasteiger partial charge in [0.05, 0.1) is 5.75 Å². The summed E-state index contributed by atoms with van der Waals surface area (Å²) in [6.45, 7) is 3.15. The van der Waals surface area contributed by atoms with Crippen LogP contribution >= 0.6 is 11.8 Å². The summed E-state index contributed by atoms with van der Waals surface area (Å²) in [7, 11) is 0. The van der Waals surface area contributed by atoms with E-state index in [2.05, 4.69) is 20.8 Å². The van der Waals surface area contributed by atoms with Gasteiger partial charge in [-0.25, -0.2) is 4.68 Å². The van der Waals surface area contributed by atoms with E-state index >= 15 is 0 Å². The highest BCUT2D eigenvalue weighted by atomic mass is 32.2. The number of aryl methyl sites for hydroxylation is 1. The maximum atomic E-state index is 11.9. The van der Waals surface area contributed by atoms with Crippen molar-refractivity contribution in [1.29, 1.82) is 0 Å². The Morgan fingerprint density at radius 3 is 2.55 bits per heavy atom. The molecule has 0 unspecified atom stereocenters. The topological polar surface area (TPSA) is 115 Å². The van der Waals surface area contributed by atoms with Gasteiger partial charge in [0.1, 0.15) is 5.82 Å². The largest absolute Gasteiger partial charge is 0.336 e. The first-order valence-electron chi connectivity index (χ1n) is 6.43. The lowest BCUT2D eigenvalue weighted by Gasteiger charge is -2.07. The zero-order chi connectivity index (χ0) is 16.1. The molecule has 0 radical (unpaired) electrons. The van der Waals surface area contributed by atoms with E-state index in [4.69, 9.17) is 5.84 Å². The fourth-order valence-electron chi connectivity index (χ4n) is 1.65. The number of hydrogen-bond donors (Lipinski definition) is 3. The van der Waals surface area contributed by atoms with Gasteiger partial charge < -0.3 is 16.5 Å². The van der Waals surface area contributed by atoms with Crippen molar-refractivity contribution in [3.63, 3.8) is 0 Å². The van der Waals surface area contributed by atoms with Gasteiger partial charge in [0.15, 0.2) is 0 Å². The Morgan fingerprint density at radius 2 is 1.95 bits per heavy atom. The van der Waals surface area contributed by atoms with E-state index in [0.29, 0.717) is 22.4 Å². The third-order valence-electron chi connectivity index (χ3n) is 2.63. The molecule has 22 heavy (non-hydrogen) atoms. The van der Waals surface area contributed by atoms with E-state index in [1.54, 1.807) is 31.2 Å². The first-order chi connectivity index (χ1) is 10.5. The minimum atomic E-state index is -0.203. The second-order valence-electron chi connectivity index (χ2n) is 4.50. The molecule has 1 aromatic carbocycles. The molecule has 116 valence electrons. The third-order valence-corrected chi connectivity index (χ3v) is 3.58. The van der Waals surface area contributed by atoms with Gasteiger partial charge in [-0.05, 0) is 25.1 Å². The van der Waals surface area contributed by atoms with Crippen LogP contribution in [0.4, 0.5) is 11.4 Å². The summed E-state index contributed by atoms with van der Waals surface area (Å²) < 4.78 is 1.33. The quantitative estimate of drug-likeness (QED) is 0.559. The van der Waals surface area contributed by atoms with Crippen molar-refractivity contribution in [2.75, 3.05) is 22.2 Å². The molecule has 0 aliphatic carbocycles. The number of nitrogens with one attached hydrogen (secondary N) is 2. The fraction of sp³-hybridized carbons (Fsp3) is 0.231. The molecule has 0 fully saturated rings. The Labute approximate surface area is 131 Å². The minimum absolute atomic E-state index is 0.152. The highest BCUT2D eigenvalue weighted by Crippen LogP contribution is 2.17. The van der Waals surface area contributed by atoms with Crippen LogP contribution in [0.1, 0.15) is 12.7 Å². The smallest absolute Gasteiger partial charge is 0.234 e. The number of anilines is 2. The van der Waals surface area contributed by atoms with Crippen molar-refractivity contribution in [3.8, 4) is 0 Å². The number of amides is 2. The molecule has 2 amide bonds. The average Bonchev–Trinajstić information content (AvgIpc) is 2.76. The molecular weight excluding hydrogens is 304 g/mol. The molecule has 2 rings (SSSR count). The number of carbonyl (C=O) groups excluding carboxylic acids is 2. The zero-order valence-corrected chi connectivity index (χ0v) is 13.0. The number of benzene rings is 1. The summed E-state index contributed by atoms with van der Waals surface area (Å²) in [4.78, 5) is 22.9. The summed E-state index contributed by atoms with van der Waals surface area (Å²) >= 11 is 1.19. The van der Waals surface area contributed by atoms with Gasteiger partial charge in [-0.3, -0.25) is 9.59 Å². The number of nitrogens with two attached hydrogens (primary N) is 1. The molecule has 1 aromatic heterocycles. The second kappa shape index (κ2) is 6.94. The molecule has 0 aliphatic rings. The number of carbonyl (C=O) groups is 2. The molecule has 4 N–H and O–H groups in total. The van der Waals surface area contributed by atoms with E-state index in [1.807, 2.05) is 0 Å². The molecule has 2 aromatic rings. The van der Waals surface area contributed by atoms with Gasteiger partial charge in [0.25, 0.3) is 0 Å². The lowest BCUT2D eigenvalue weighted by molar-refractivity contribution is -0.114. The summed E-state index contributed by atoms with van der Waals surface area (Å²) in [6.07, 6.45) is 0. The maximum absolute atomic E-state index is 11.9. The van der Waals surface area contributed by atoms with Crippen molar-refractivity contribution in [2.45, 2.75) is 19.0 Å². The zero-order valence-electron chi connectivity index (χ0n) is 12.2.